The molecule has 0 spiro atoms. The third-order valence-corrected chi connectivity index (χ3v) is 4.14. The van der Waals surface area contributed by atoms with Crippen LogP contribution in [-0.2, 0) is 13.0 Å². The molecule has 2 aromatic heterocycles. The monoisotopic (exact) mass is 340 g/mol. The van der Waals surface area contributed by atoms with E-state index in [1.807, 2.05) is 0 Å². The Kier molecular flexibility index (Phi) is 3.82. The largest absolute Gasteiger partial charge is 0.457 e. The van der Waals surface area contributed by atoms with Gasteiger partial charge in [-0.2, -0.15) is 5.10 Å². The minimum absolute atomic E-state index is 0.138. The summed E-state index contributed by atoms with van der Waals surface area (Å²) in [6.07, 6.45) is 0.138. The van der Waals surface area contributed by atoms with Crippen LogP contribution in [0.15, 0.2) is 52.9 Å². The Labute approximate surface area is 141 Å². The molecular formula is C19H14F2N2O2. The number of aliphatic hydroxyl groups is 1. The number of nitrogens with one attached hydrogen (secondary N) is 1. The average molecular weight is 340 g/mol. The van der Waals surface area contributed by atoms with E-state index in [4.69, 9.17) is 9.52 Å². The highest BCUT2D eigenvalue weighted by molar-refractivity contribution is 5.92. The maximum atomic E-state index is 15.1. The molecule has 0 aliphatic rings. The molecule has 0 bridgehead atoms. The summed E-state index contributed by atoms with van der Waals surface area (Å²) in [6, 6.07) is 12.9. The molecule has 0 atom stereocenters. The van der Waals surface area contributed by atoms with E-state index in [9.17, 15) is 4.39 Å². The van der Waals surface area contributed by atoms with Crippen molar-refractivity contribution in [3.05, 3.63) is 77.1 Å². The first-order valence-electron chi connectivity index (χ1n) is 7.76. The summed E-state index contributed by atoms with van der Waals surface area (Å²) < 4.78 is 34.4. The van der Waals surface area contributed by atoms with E-state index in [-0.39, 0.29) is 24.2 Å². The Bertz CT molecular complexity index is 1050. The van der Waals surface area contributed by atoms with Crippen LogP contribution in [-0.4, -0.2) is 15.3 Å². The van der Waals surface area contributed by atoms with Crippen LogP contribution < -0.4 is 0 Å². The minimum atomic E-state index is -0.466. The predicted octanol–water partition coefficient (Wildman–Crippen LogP) is 4.18. The third kappa shape index (κ3) is 2.70. The zero-order chi connectivity index (χ0) is 17.4. The van der Waals surface area contributed by atoms with Crippen LogP contribution in [0.2, 0.25) is 0 Å². The third-order valence-electron chi connectivity index (χ3n) is 4.14. The SMILES string of the molecule is OCc1ccc(-c2n[nH]c3ccc(Cc4ccccc4F)c(F)c23)o1. The summed E-state index contributed by atoms with van der Waals surface area (Å²) in [4.78, 5) is 0. The molecule has 0 radical (unpaired) electrons. The molecule has 0 fully saturated rings. The quantitative estimate of drug-likeness (QED) is 0.586. The number of nitrogens with zero attached hydrogens (tertiary/aromatic N) is 1. The van der Waals surface area contributed by atoms with E-state index in [2.05, 4.69) is 10.2 Å². The van der Waals surface area contributed by atoms with Gasteiger partial charge in [-0.15, -0.1) is 0 Å². The Morgan fingerprint density at radius 2 is 1.84 bits per heavy atom. The molecule has 0 amide bonds. The van der Waals surface area contributed by atoms with Gasteiger partial charge >= 0.3 is 0 Å². The average Bonchev–Trinajstić information content (AvgIpc) is 3.25. The van der Waals surface area contributed by atoms with E-state index < -0.39 is 5.82 Å². The fourth-order valence-electron chi connectivity index (χ4n) is 2.87. The van der Waals surface area contributed by atoms with Crippen LogP contribution in [0.1, 0.15) is 16.9 Å². The van der Waals surface area contributed by atoms with Crippen molar-refractivity contribution in [1.82, 2.24) is 10.2 Å². The van der Waals surface area contributed by atoms with Gasteiger partial charge in [-0.1, -0.05) is 24.3 Å². The number of rotatable bonds is 4. The van der Waals surface area contributed by atoms with Gasteiger partial charge in [0.15, 0.2) is 5.76 Å². The van der Waals surface area contributed by atoms with Crippen LogP contribution >= 0.6 is 0 Å². The van der Waals surface area contributed by atoms with Gasteiger partial charge in [0.1, 0.15) is 29.7 Å². The molecule has 0 saturated carbocycles. The zero-order valence-corrected chi connectivity index (χ0v) is 13.1. The van der Waals surface area contributed by atoms with Crippen molar-refractivity contribution < 1.29 is 18.3 Å². The minimum Gasteiger partial charge on any atom is -0.457 e. The lowest BCUT2D eigenvalue weighted by atomic mass is 10.0. The maximum absolute atomic E-state index is 15.1. The number of halogens is 2. The predicted molar refractivity (Wildman–Crippen MR) is 88.9 cm³/mol. The second-order valence-corrected chi connectivity index (χ2v) is 5.73. The molecule has 4 nitrogen and oxygen atoms in total. The Morgan fingerprint density at radius 3 is 2.60 bits per heavy atom. The van der Waals surface area contributed by atoms with Gasteiger partial charge in [-0.3, -0.25) is 5.10 Å². The number of aromatic nitrogens is 2. The van der Waals surface area contributed by atoms with E-state index in [0.717, 1.165) is 0 Å². The van der Waals surface area contributed by atoms with Crippen molar-refractivity contribution in [2.24, 2.45) is 0 Å². The van der Waals surface area contributed by atoms with Crippen molar-refractivity contribution in [1.29, 1.82) is 0 Å². The highest BCUT2D eigenvalue weighted by Crippen LogP contribution is 2.32. The fraction of sp³-hybridized carbons (Fsp3) is 0.105. The van der Waals surface area contributed by atoms with Gasteiger partial charge in [-0.25, -0.2) is 8.78 Å². The van der Waals surface area contributed by atoms with Crippen LogP contribution in [0.25, 0.3) is 22.4 Å². The molecule has 2 aromatic carbocycles. The van der Waals surface area contributed by atoms with Gasteiger partial charge in [0.2, 0.25) is 0 Å². The summed E-state index contributed by atoms with van der Waals surface area (Å²) >= 11 is 0. The van der Waals surface area contributed by atoms with Gasteiger partial charge in [-0.05, 0) is 35.4 Å². The number of aromatic amines is 1. The highest BCUT2D eigenvalue weighted by atomic mass is 19.1. The van der Waals surface area contributed by atoms with Crippen molar-refractivity contribution in [3.63, 3.8) is 0 Å². The number of benzene rings is 2. The normalized spacial score (nSPS) is 11.3. The summed E-state index contributed by atoms with van der Waals surface area (Å²) in [7, 11) is 0. The summed E-state index contributed by atoms with van der Waals surface area (Å²) in [6.45, 7) is -0.247. The molecule has 6 heteroatoms. The molecule has 126 valence electrons. The first-order chi connectivity index (χ1) is 12.2. The van der Waals surface area contributed by atoms with Crippen LogP contribution in [0.3, 0.4) is 0 Å². The molecule has 2 heterocycles. The Morgan fingerprint density at radius 1 is 1.00 bits per heavy atom. The lowest BCUT2D eigenvalue weighted by Crippen LogP contribution is -1.96. The molecule has 0 saturated heterocycles. The van der Waals surface area contributed by atoms with Gasteiger partial charge in [0, 0.05) is 6.42 Å². The Balaban J connectivity index is 1.81. The molecule has 0 aliphatic carbocycles. The molecule has 0 unspecified atom stereocenters. The van der Waals surface area contributed by atoms with E-state index >= 15 is 4.39 Å². The number of H-pyrrole nitrogens is 1. The number of hydrogen-bond acceptors (Lipinski definition) is 3. The smallest absolute Gasteiger partial charge is 0.155 e. The summed E-state index contributed by atoms with van der Waals surface area (Å²) in [5.41, 5.74) is 1.63. The summed E-state index contributed by atoms with van der Waals surface area (Å²) in [5.74, 6) is -0.106. The van der Waals surface area contributed by atoms with E-state index in [1.165, 1.54) is 6.07 Å². The van der Waals surface area contributed by atoms with E-state index in [1.54, 1.807) is 42.5 Å². The summed E-state index contributed by atoms with van der Waals surface area (Å²) in [5, 5.41) is 16.3. The molecular weight excluding hydrogens is 326 g/mol. The molecule has 0 aliphatic heterocycles. The van der Waals surface area contributed by atoms with Crippen molar-refractivity contribution >= 4 is 10.9 Å². The van der Waals surface area contributed by atoms with Crippen molar-refractivity contribution in [2.75, 3.05) is 0 Å². The highest BCUT2D eigenvalue weighted by Gasteiger charge is 2.19. The van der Waals surface area contributed by atoms with Gasteiger partial charge in [0.05, 0.1) is 10.9 Å². The number of aliphatic hydroxyl groups excluding tert-OH is 1. The van der Waals surface area contributed by atoms with Gasteiger partial charge < -0.3 is 9.52 Å². The second kappa shape index (κ2) is 6.14. The topological polar surface area (TPSA) is 62.1 Å². The first-order valence-corrected chi connectivity index (χ1v) is 7.76. The van der Waals surface area contributed by atoms with Crippen molar-refractivity contribution in [2.45, 2.75) is 13.0 Å². The number of fused-ring (bicyclic) bond motifs is 1. The number of furan rings is 1. The number of hydrogen-bond donors (Lipinski definition) is 2. The lowest BCUT2D eigenvalue weighted by Gasteiger charge is -2.06. The molecule has 2 N–H and O–H groups in total. The van der Waals surface area contributed by atoms with Crippen LogP contribution in [0, 0.1) is 11.6 Å². The maximum Gasteiger partial charge on any atom is 0.155 e. The van der Waals surface area contributed by atoms with Crippen molar-refractivity contribution in [3.8, 4) is 11.5 Å². The Hall–Kier alpha value is -2.99. The fourth-order valence-corrected chi connectivity index (χ4v) is 2.87. The molecule has 25 heavy (non-hydrogen) atoms. The van der Waals surface area contributed by atoms with E-state index in [0.29, 0.717) is 33.9 Å². The molecule has 4 aromatic rings. The molecule has 4 rings (SSSR count). The zero-order valence-electron chi connectivity index (χ0n) is 13.1. The van der Waals surface area contributed by atoms with Gasteiger partial charge in [0.25, 0.3) is 0 Å². The lowest BCUT2D eigenvalue weighted by molar-refractivity contribution is 0.248. The second-order valence-electron chi connectivity index (χ2n) is 5.73. The van der Waals surface area contributed by atoms with Crippen LogP contribution in [0.5, 0.6) is 0 Å². The first kappa shape index (κ1) is 15.5. The standard InChI is InChI=1S/C19H14F2N2O2/c20-14-4-2-1-3-11(14)9-12-5-7-15-17(18(12)21)19(23-22-15)16-8-6-13(10-24)25-16/h1-8,24H,9-10H2,(H,22,23). The van der Waals surface area contributed by atoms with Crippen LogP contribution in [0.4, 0.5) is 8.78 Å².